The second-order valence-corrected chi connectivity index (χ2v) is 4.78. The van der Waals surface area contributed by atoms with Crippen molar-refractivity contribution in [2.24, 2.45) is 17.4 Å². The number of hydrogen-bond donors (Lipinski definition) is 3. The molecule has 0 spiro atoms. The highest BCUT2D eigenvalue weighted by atomic mass is 19.1. The summed E-state index contributed by atoms with van der Waals surface area (Å²) in [5, 5.41) is 2.36. The van der Waals surface area contributed by atoms with Crippen molar-refractivity contribution in [3.05, 3.63) is 29.6 Å². The van der Waals surface area contributed by atoms with Crippen molar-refractivity contribution >= 4 is 17.5 Å². The lowest BCUT2D eigenvalue weighted by atomic mass is 10.0. The highest BCUT2D eigenvalue weighted by Crippen LogP contribution is 2.16. The molecule has 0 radical (unpaired) electrons. The lowest BCUT2D eigenvalue weighted by Crippen LogP contribution is -2.36. The van der Waals surface area contributed by atoms with Gasteiger partial charge in [-0.3, -0.25) is 9.59 Å². The van der Waals surface area contributed by atoms with Crippen molar-refractivity contribution in [1.82, 2.24) is 0 Å². The van der Waals surface area contributed by atoms with Gasteiger partial charge in [0.1, 0.15) is 5.82 Å². The fourth-order valence-electron chi connectivity index (χ4n) is 1.61. The van der Waals surface area contributed by atoms with E-state index in [1.165, 1.54) is 12.1 Å². The molecule has 0 saturated heterocycles. The largest absolute Gasteiger partial charge is 0.366 e. The molecular weight excluding hydrogens is 249 g/mol. The number of rotatable bonds is 5. The van der Waals surface area contributed by atoms with Gasteiger partial charge in [0.2, 0.25) is 11.8 Å². The average Bonchev–Trinajstić information content (AvgIpc) is 2.30. The highest BCUT2D eigenvalue weighted by molar-refractivity contribution is 5.98. The predicted octanol–water partition coefficient (Wildman–Crippen LogP) is 1.24. The molecule has 5 nitrogen and oxygen atoms in total. The summed E-state index contributed by atoms with van der Waals surface area (Å²) in [5.74, 6) is -1.58. The van der Waals surface area contributed by atoms with E-state index in [0.717, 1.165) is 6.07 Å². The van der Waals surface area contributed by atoms with Crippen LogP contribution in [0.5, 0.6) is 0 Å². The van der Waals surface area contributed by atoms with E-state index in [2.05, 4.69) is 5.32 Å². The zero-order valence-corrected chi connectivity index (χ0v) is 10.9. The SMILES string of the molecule is CC(C)CC(N)C(=O)Nc1cc(C(N)=O)ccc1F. The number of hydrogen-bond acceptors (Lipinski definition) is 3. The molecule has 19 heavy (non-hydrogen) atoms. The number of nitrogens with two attached hydrogens (primary N) is 2. The van der Waals surface area contributed by atoms with Gasteiger partial charge in [-0.1, -0.05) is 13.8 Å². The lowest BCUT2D eigenvalue weighted by Gasteiger charge is -2.14. The molecule has 0 aliphatic carbocycles. The minimum Gasteiger partial charge on any atom is -0.366 e. The van der Waals surface area contributed by atoms with Crippen LogP contribution >= 0.6 is 0 Å². The molecule has 1 atom stereocenters. The Labute approximate surface area is 111 Å². The Balaban J connectivity index is 2.84. The summed E-state index contributed by atoms with van der Waals surface area (Å²) in [7, 11) is 0. The van der Waals surface area contributed by atoms with Gasteiger partial charge in [0.25, 0.3) is 0 Å². The summed E-state index contributed by atoms with van der Waals surface area (Å²) in [4.78, 5) is 22.8. The molecule has 0 bridgehead atoms. The van der Waals surface area contributed by atoms with Crippen molar-refractivity contribution in [3.63, 3.8) is 0 Å². The molecule has 1 unspecified atom stereocenters. The quantitative estimate of drug-likeness (QED) is 0.748. The van der Waals surface area contributed by atoms with Crippen molar-refractivity contribution < 1.29 is 14.0 Å². The van der Waals surface area contributed by atoms with E-state index in [0.29, 0.717) is 6.42 Å². The summed E-state index contributed by atoms with van der Waals surface area (Å²) < 4.78 is 13.5. The number of carbonyl (C=O) groups excluding carboxylic acids is 2. The topological polar surface area (TPSA) is 98.2 Å². The van der Waals surface area contributed by atoms with Crippen LogP contribution in [0.15, 0.2) is 18.2 Å². The number of anilines is 1. The summed E-state index contributed by atoms with van der Waals surface area (Å²) in [6, 6.07) is 2.79. The number of halogens is 1. The zero-order valence-electron chi connectivity index (χ0n) is 10.9. The third-order valence-corrected chi connectivity index (χ3v) is 2.57. The molecule has 0 aromatic heterocycles. The first kappa shape index (κ1) is 15.1. The molecule has 0 aliphatic rings. The number of primary amides is 1. The maximum atomic E-state index is 13.5. The van der Waals surface area contributed by atoms with Gasteiger partial charge >= 0.3 is 0 Å². The average molecular weight is 267 g/mol. The van der Waals surface area contributed by atoms with E-state index in [9.17, 15) is 14.0 Å². The second-order valence-electron chi connectivity index (χ2n) is 4.78. The van der Waals surface area contributed by atoms with Crippen LogP contribution in [0.4, 0.5) is 10.1 Å². The smallest absolute Gasteiger partial charge is 0.248 e. The van der Waals surface area contributed by atoms with Gasteiger partial charge in [-0.05, 0) is 30.5 Å². The van der Waals surface area contributed by atoms with E-state index >= 15 is 0 Å². The number of carbonyl (C=O) groups is 2. The van der Waals surface area contributed by atoms with Crippen LogP contribution in [0.1, 0.15) is 30.6 Å². The Hall–Kier alpha value is -1.95. The Morgan fingerprint density at radius 3 is 2.53 bits per heavy atom. The first-order valence-corrected chi connectivity index (χ1v) is 5.97. The van der Waals surface area contributed by atoms with Crippen LogP contribution in [0.25, 0.3) is 0 Å². The van der Waals surface area contributed by atoms with Crippen LogP contribution in [-0.2, 0) is 4.79 Å². The lowest BCUT2D eigenvalue weighted by molar-refractivity contribution is -0.117. The molecule has 1 rings (SSSR count). The Morgan fingerprint density at radius 1 is 1.37 bits per heavy atom. The summed E-state index contributed by atoms with van der Waals surface area (Å²) in [6.45, 7) is 3.86. The van der Waals surface area contributed by atoms with Gasteiger partial charge < -0.3 is 16.8 Å². The molecule has 0 heterocycles. The number of benzene rings is 1. The van der Waals surface area contributed by atoms with Gasteiger partial charge in [-0.2, -0.15) is 0 Å². The first-order chi connectivity index (χ1) is 8.81. The Morgan fingerprint density at radius 2 is 2.00 bits per heavy atom. The van der Waals surface area contributed by atoms with Crippen molar-refractivity contribution in [2.45, 2.75) is 26.3 Å². The first-order valence-electron chi connectivity index (χ1n) is 5.97. The zero-order chi connectivity index (χ0) is 14.6. The molecule has 0 fully saturated rings. The minimum atomic E-state index is -0.725. The standard InChI is InChI=1S/C13H18FN3O2/c1-7(2)5-10(15)13(19)17-11-6-8(12(16)18)3-4-9(11)14/h3-4,6-7,10H,5,15H2,1-2H3,(H2,16,18)(H,17,19). The monoisotopic (exact) mass is 267 g/mol. The van der Waals surface area contributed by atoms with Crippen LogP contribution in [0.2, 0.25) is 0 Å². The van der Waals surface area contributed by atoms with Crippen LogP contribution in [-0.4, -0.2) is 17.9 Å². The molecule has 0 saturated carbocycles. The molecule has 1 aromatic carbocycles. The number of nitrogens with one attached hydrogen (secondary N) is 1. The van der Waals surface area contributed by atoms with Gasteiger partial charge in [0, 0.05) is 5.56 Å². The molecule has 0 aliphatic heterocycles. The second kappa shape index (κ2) is 6.29. The Bertz CT molecular complexity index is 489. The van der Waals surface area contributed by atoms with E-state index in [4.69, 9.17) is 11.5 Å². The predicted molar refractivity (Wildman–Crippen MR) is 71.0 cm³/mol. The molecule has 6 heteroatoms. The summed E-state index contributed by atoms with van der Waals surface area (Å²) >= 11 is 0. The van der Waals surface area contributed by atoms with Crippen LogP contribution in [0.3, 0.4) is 0 Å². The van der Waals surface area contributed by atoms with Crippen molar-refractivity contribution in [2.75, 3.05) is 5.32 Å². The highest BCUT2D eigenvalue weighted by Gasteiger charge is 2.17. The maximum Gasteiger partial charge on any atom is 0.248 e. The molecule has 5 N–H and O–H groups in total. The van der Waals surface area contributed by atoms with Gasteiger partial charge in [0.15, 0.2) is 0 Å². The minimum absolute atomic E-state index is 0.0968. The van der Waals surface area contributed by atoms with E-state index in [1.807, 2.05) is 13.8 Å². The van der Waals surface area contributed by atoms with E-state index in [-0.39, 0.29) is 17.2 Å². The third-order valence-electron chi connectivity index (χ3n) is 2.57. The van der Waals surface area contributed by atoms with Crippen molar-refractivity contribution in [1.29, 1.82) is 0 Å². The fourth-order valence-corrected chi connectivity index (χ4v) is 1.61. The molecule has 104 valence electrons. The van der Waals surface area contributed by atoms with E-state index in [1.54, 1.807) is 0 Å². The number of amides is 2. The fraction of sp³-hybridized carbons (Fsp3) is 0.385. The Kier molecular flexibility index (Phi) is 5.00. The molecule has 2 amide bonds. The summed E-state index contributed by atoms with van der Waals surface area (Å²) in [6.07, 6.45) is 0.489. The van der Waals surface area contributed by atoms with Gasteiger partial charge in [-0.15, -0.1) is 0 Å². The maximum absolute atomic E-state index is 13.5. The van der Waals surface area contributed by atoms with Gasteiger partial charge in [-0.25, -0.2) is 4.39 Å². The van der Waals surface area contributed by atoms with E-state index < -0.39 is 23.7 Å². The van der Waals surface area contributed by atoms with Crippen LogP contribution in [0, 0.1) is 11.7 Å². The van der Waals surface area contributed by atoms with Crippen molar-refractivity contribution in [3.8, 4) is 0 Å². The van der Waals surface area contributed by atoms with Crippen LogP contribution < -0.4 is 16.8 Å². The third kappa shape index (κ3) is 4.33. The van der Waals surface area contributed by atoms with Gasteiger partial charge in [0.05, 0.1) is 11.7 Å². The molecule has 1 aromatic rings. The normalized spacial score (nSPS) is 12.3. The molecular formula is C13H18FN3O2. The summed E-state index contributed by atoms with van der Waals surface area (Å²) in [5.41, 5.74) is 10.8.